The van der Waals surface area contributed by atoms with Gasteiger partial charge in [-0.05, 0) is 110 Å². The molecule has 3 saturated carbocycles. The molecule has 0 bridgehead atoms. The molecule has 0 aliphatic heterocycles. The quantitative estimate of drug-likeness (QED) is 0.276. The summed E-state index contributed by atoms with van der Waals surface area (Å²) >= 11 is 0. The molecule has 0 aromatic heterocycles. The SMILES string of the molecule is CCC(CC[C@@H](C)[C@H]1CC[C@H]2C3=CCC4C[C@@H](OS(=O)(=O)O)CC[C@]4(C)[C@H]3CC[C@]12C)C(C)C. The van der Waals surface area contributed by atoms with Gasteiger partial charge in [-0.25, -0.2) is 4.18 Å². The molecule has 4 nitrogen and oxygen atoms in total. The van der Waals surface area contributed by atoms with E-state index in [9.17, 15) is 8.42 Å². The van der Waals surface area contributed by atoms with Gasteiger partial charge in [-0.15, -0.1) is 0 Å². The van der Waals surface area contributed by atoms with E-state index >= 15 is 0 Å². The fraction of sp³-hybridized carbons (Fsp3) is 0.931. The van der Waals surface area contributed by atoms with Gasteiger partial charge in [0.05, 0.1) is 6.10 Å². The maximum absolute atomic E-state index is 11.3. The smallest absolute Gasteiger partial charge is 0.264 e. The normalized spacial score (nSPS) is 41.9. The van der Waals surface area contributed by atoms with Crippen LogP contribution in [0, 0.1) is 52.3 Å². The summed E-state index contributed by atoms with van der Waals surface area (Å²) in [5, 5.41) is 0. The average Bonchev–Trinajstić information content (AvgIpc) is 3.10. The molecule has 2 unspecified atom stereocenters. The van der Waals surface area contributed by atoms with Crippen molar-refractivity contribution >= 4 is 10.4 Å². The molecule has 0 aromatic rings. The van der Waals surface area contributed by atoms with Gasteiger partial charge in [0.1, 0.15) is 0 Å². The average molecular weight is 495 g/mol. The summed E-state index contributed by atoms with van der Waals surface area (Å²) in [5.74, 6) is 5.11. The Balaban J connectivity index is 1.46. The largest absolute Gasteiger partial charge is 0.397 e. The van der Waals surface area contributed by atoms with Crippen molar-refractivity contribution < 1.29 is 17.2 Å². The summed E-state index contributed by atoms with van der Waals surface area (Å²) < 4.78 is 36.7. The standard InChI is InChI=1S/C29H50O4S/c1-7-21(19(2)3)9-8-20(4)25-12-13-26-24-11-10-22-18-23(33-34(30,31)32)14-16-28(22,5)27(24)15-17-29(25,26)6/h11,19-23,25-27H,7-10,12-18H2,1-6H3,(H,30,31,32)/t20-,21?,22?,23+,25-,26+,27+,28+,29-/m1/s1. The monoisotopic (exact) mass is 494 g/mol. The minimum Gasteiger partial charge on any atom is -0.264 e. The highest BCUT2D eigenvalue weighted by Crippen LogP contribution is 2.67. The van der Waals surface area contributed by atoms with Crippen LogP contribution in [0.1, 0.15) is 112 Å². The first-order valence-electron chi connectivity index (χ1n) is 14.2. The Bertz CT molecular complexity index is 863. The Kier molecular flexibility index (Phi) is 7.70. The third-order valence-electron chi connectivity index (χ3n) is 11.5. The summed E-state index contributed by atoms with van der Waals surface area (Å²) in [7, 11) is -4.37. The first-order chi connectivity index (χ1) is 15.9. The van der Waals surface area contributed by atoms with Gasteiger partial charge < -0.3 is 0 Å². The summed E-state index contributed by atoms with van der Waals surface area (Å²) in [4.78, 5) is 0. The van der Waals surface area contributed by atoms with Crippen molar-refractivity contribution in [1.29, 1.82) is 0 Å². The molecular formula is C29H50O4S. The zero-order chi connectivity index (χ0) is 24.9. The van der Waals surface area contributed by atoms with Crippen LogP contribution in [-0.4, -0.2) is 19.1 Å². The summed E-state index contributed by atoms with van der Waals surface area (Å²) in [5.41, 5.74) is 2.43. The lowest BCUT2D eigenvalue weighted by molar-refractivity contribution is -0.0374. The molecule has 5 heteroatoms. The van der Waals surface area contributed by atoms with E-state index < -0.39 is 10.4 Å². The minimum absolute atomic E-state index is 0.236. The molecule has 196 valence electrons. The van der Waals surface area contributed by atoms with Crippen LogP contribution in [0.5, 0.6) is 0 Å². The van der Waals surface area contributed by atoms with Crippen molar-refractivity contribution in [3.8, 4) is 0 Å². The molecule has 4 rings (SSSR count). The van der Waals surface area contributed by atoms with Crippen LogP contribution in [0.25, 0.3) is 0 Å². The topological polar surface area (TPSA) is 63.6 Å². The number of hydrogen-bond acceptors (Lipinski definition) is 3. The van der Waals surface area contributed by atoms with E-state index in [1.165, 1.54) is 44.9 Å². The van der Waals surface area contributed by atoms with Crippen molar-refractivity contribution in [2.24, 2.45) is 52.3 Å². The van der Waals surface area contributed by atoms with Crippen LogP contribution >= 0.6 is 0 Å². The Morgan fingerprint density at radius 2 is 1.71 bits per heavy atom. The van der Waals surface area contributed by atoms with Crippen LogP contribution < -0.4 is 0 Å². The fourth-order valence-corrected chi connectivity index (χ4v) is 9.91. The van der Waals surface area contributed by atoms with Crippen molar-refractivity contribution in [1.82, 2.24) is 0 Å². The maximum atomic E-state index is 11.3. The lowest BCUT2D eigenvalue weighted by Gasteiger charge is -2.58. The van der Waals surface area contributed by atoms with Crippen molar-refractivity contribution in [3.05, 3.63) is 11.6 Å². The molecule has 4 aliphatic carbocycles. The highest BCUT2D eigenvalue weighted by molar-refractivity contribution is 7.80. The highest BCUT2D eigenvalue weighted by Gasteiger charge is 2.58. The zero-order valence-electron chi connectivity index (χ0n) is 22.6. The second-order valence-corrected chi connectivity index (χ2v) is 14.4. The van der Waals surface area contributed by atoms with Crippen LogP contribution in [0.15, 0.2) is 11.6 Å². The van der Waals surface area contributed by atoms with E-state index in [0.717, 1.165) is 55.3 Å². The number of fused-ring (bicyclic) bond motifs is 5. The fourth-order valence-electron chi connectivity index (χ4n) is 9.39. The molecule has 9 atom stereocenters. The van der Waals surface area contributed by atoms with Gasteiger partial charge in [0.2, 0.25) is 0 Å². The Morgan fingerprint density at radius 3 is 2.35 bits per heavy atom. The van der Waals surface area contributed by atoms with E-state index in [2.05, 4.69) is 47.6 Å². The van der Waals surface area contributed by atoms with E-state index in [4.69, 9.17) is 8.74 Å². The van der Waals surface area contributed by atoms with Gasteiger partial charge >= 0.3 is 10.4 Å². The molecule has 0 amide bonds. The van der Waals surface area contributed by atoms with Gasteiger partial charge in [-0.3, -0.25) is 4.55 Å². The second kappa shape index (κ2) is 9.82. The van der Waals surface area contributed by atoms with Gasteiger partial charge in [0.15, 0.2) is 0 Å². The van der Waals surface area contributed by atoms with Crippen LogP contribution in [0.2, 0.25) is 0 Å². The molecule has 0 saturated heterocycles. The zero-order valence-corrected chi connectivity index (χ0v) is 23.4. The summed E-state index contributed by atoms with van der Waals surface area (Å²) in [6, 6.07) is 0. The van der Waals surface area contributed by atoms with E-state index in [1.807, 2.05) is 0 Å². The molecule has 4 aliphatic rings. The third kappa shape index (κ3) is 4.92. The van der Waals surface area contributed by atoms with Crippen molar-refractivity contribution in [2.45, 2.75) is 118 Å². The molecule has 0 aromatic carbocycles. The predicted octanol–water partition coefficient (Wildman–Crippen LogP) is 7.85. The summed E-state index contributed by atoms with van der Waals surface area (Å²) in [6.07, 6.45) is 15.1. The lowest BCUT2D eigenvalue weighted by Crippen LogP contribution is -2.50. The number of allylic oxidation sites excluding steroid dienone is 2. The van der Waals surface area contributed by atoms with Crippen LogP contribution in [-0.2, 0) is 14.6 Å². The van der Waals surface area contributed by atoms with Crippen LogP contribution in [0.3, 0.4) is 0 Å². The molecule has 0 heterocycles. The van der Waals surface area contributed by atoms with Gasteiger partial charge in [-0.2, -0.15) is 8.42 Å². The molecular weight excluding hydrogens is 444 g/mol. The highest BCUT2D eigenvalue weighted by atomic mass is 32.3. The van der Waals surface area contributed by atoms with E-state index in [-0.39, 0.29) is 11.5 Å². The van der Waals surface area contributed by atoms with Crippen molar-refractivity contribution in [2.75, 3.05) is 0 Å². The van der Waals surface area contributed by atoms with E-state index in [1.54, 1.807) is 5.57 Å². The Hall–Kier alpha value is -0.390. The molecule has 1 N–H and O–H groups in total. The summed E-state index contributed by atoms with van der Waals surface area (Å²) in [6.45, 7) is 14.8. The first kappa shape index (κ1) is 26.7. The van der Waals surface area contributed by atoms with Gasteiger partial charge in [0.25, 0.3) is 0 Å². The minimum atomic E-state index is -4.37. The van der Waals surface area contributed by atoms with Gasteiger partial charge in [-0.1, -0.05) is 66.0 Å². The van der Waals surface area contributed by atoms with E-state index in [0.29, 0.717) is 17.3 Å². The molecule has 0 spiro atoms. The maximum Gasteiger partial charge on any atom is 0.397 e. The first-order valence-corrected chi connectivity index (χ1v) is 15.6. The van der Waals surface area contributed by atoms with Crippen LogP contribution in [0.4, 0.5) is 0 Å². The lowest BCUT2D eigenvalue weighted by atomic mass is 9.47. The number of rotatable bonds is 8. The number of hydrogen-bond donors (Lipinski definition) is 1. The predicted molar refractivity (Wildman–Crippen MR) is 139 cm³/mol. The second-order valence-electron chi connectivity index (χ2n) is 13.4. The molecule has 0 radical (unpaired) electrons. The molecule has 3 fully saturated rings. The van der Waals surface area contributed by atoms with Gasteiger partial charge in [0, 0.05) is 0 Å². The Morgan fingerprint density at radius 1 is 1.03 bits per heavy atom. The third-order valence-corrected chi connectivity index (χ3v) is 12.0. The molecule has 34 heavy (non-hydrogen) atoms. The van der Waals surface area contributed by atoms with Crippen molar-refractivity contribution in [3.63, 3.8) is 0 Å². The Labute approximate surface area is 209 Å².